The van der Waals surface area contributed by atoms with Gasteiger partial charge in [0, 0.05) is 40.6 Å². The Morgan fingerprint density at radius 3 is 1.45 bits per heavy atom. The summed E-state index contributed by atoms with van der Waals surface area (Å²) in [5.41, 5.74) is 4.91. The number of allylic oxidation sites excluding steroid dienone is 2. The largest absolute Gasteiger partial charge is 0.338 e. The molecule has 2 nitrogen and oxygen atoms in total. The fourth-order valence-corrected chi connectivity index (χ4v) is 4.14. The molecule has 0 aliphatic heterocycles. The molecule has 2 heterocycles. The van der Waals surface area contributed by atoms with Crippen LogP contribution in [0.3, 0.4) is 0 Å². The predicted molar refractivity (Wildman–Crippen MR) is 126 cm³/mol. The minimum absolute atomic E-state index is 0.142. The molecule has 0 spiro atoms. The summed E-state index contributed by atoms with van der Waals surface area (Å²) in [6, 6.07) is 17.3. The number of fused-ring (bicyclic) bond motifs is 2. The second-order valence-electron chi connectivity index (χ2n) is 8.98. The first-order chi connectivity index (χ1) is 13.8. The molecule has 4 rings (SSSR count). The van der Waals surface area contributed by atoms with Crippen LogP contribution < -0.4 is 0 Å². The van der Waals surface area contributed by atoms with E-state index in [0.717, 1.165) is 6.42 Å². The molecule has 0 saturated carbocycles. The van der Waals surface area contributed by atoms with E-state index >= 15 is 0 Å². The summed E-state index contributed by atoms with van der Waals surface area (Å²) in [5, 5.41) is 2.62. The van der Waals surface area contributed by atoms with Crippen molar-refractivity contribution in [2.75, 3.05) is 0 Å². The highest BCUT2D eigenvalue weighted by Gasteiger charge is 2.23. The van der Waals surface area contributed by atoms with E-state index in [-0.39, 0.29) is 11.1 Å². The van der Waals surface area contributed by atoms with Gasteiger partial charge in [-0.25, -0.2) is 0 Å². The van der Waals surface area contributed by atoms with Crippen molar-refractivity contribution >= 4 is 21.8 Å². The summed E-state index contributed by atoms with van der Waals surface area (Å²) < 4.78 is 4.69. The summed E-state index contributed by atoms with van der Waals surface area (Å²) in [5.74, 6) is 0. The Hall–Kier alpha value is -3.00. The summed E-state index contributed by atoms with van der Waals surface area (Å²) in [4.78, 5) is 0. The lowest BCUT2D eigenvalue weighted by Gasteiger charge is -2.24. The average Bonchev–Trinajstić information content (AvgIpc) is 3.29. The summed E-state index contributed by atoms with van der Waals surface area (Å²) in [6.07, 6.45) is 9.53. The van der Waals surface area contributed by atoms with E-state index in [4.69, 9.17) is 0 Å². The van der Waals surface area contributed by atoms with E-state index in [1.165, 1.54) is 32.9 Å². The van der Waals surface area contributed by atoms with Gasteiger partial charge in [0.25, 0.3) is 0 Å². The number of rotatable bonds is 6. The highest BCUT2D eigenvalue weighted by molar-refractivity contribution is 5.88. The van der Waals surface area contributed by atoms with Crippen LogP contribution in [0.5, 0.6) is 0 Å². The quantitative estimate of drug-likeness (QED) is 0.317. The van der Waals surface area contributed by atoms with Gasteiger partial charge in [-0.1, -0.05) is 48.6 Å². The molecule has 148 valence electrons. The molecule has 0 fully saturated rings. The minimum atomic E-state index is -0.142. The molecular formula is C27H30N2. The van der Waals surface area contributed by atoms with Crippen LogP contribution in [0.4, 0.5) is 0 Å². The molecule has 0 bridgehead atoms. The van der Waals surface area contributed by atoms with Gasteiger partial charge in [-0.2, -0.15) is 0 Å². The Balaban J connectivity index is 1.90. The van der Waals surface area contributed by atoms with E-state index in [1.807, 2.05) is 12.2 Å². The maximum atomic E-state index is 4.06. The SMILES string of the molecule is C=CC(C)(C)n1cc(Cc2cn(C(C)(C)C=C)c3ccccc23)c2ccccc21. The first-order valence-corrected chi connectivity index (χ1v) is 10.2. The minimum Gasteiger partial charge on any atom is -0.338 e. The van der Waals surface area contributed by atoms with Crippen LogP contribution in [-0.2, 0) is 17.5 Å². The zero-order valence-corrected chi connectivity index (χ0v) is 17.9. The maximum Gasteiger partial charge on any atom is 0.0569 e. The number of benzene rings is 2. The van der Waals surface area contributed by atoms with E-state index in [9.17, 15) is 0 Å². The third-order valence-electron chi connectivity index (χ3n) is 6.21. The van der Waals surface area contributed by atoms with Crippen LogP contribution in [0, 0.1) is 0 Å². The van der Waals surface area contributed by atoms with Crippen molar-refractivity contribution in [1.82, 2.24) is 9.13 Å². The van der Waals surface area contributed by atoms with Crippen LogP contribution in [0.25, 0.3) is 21.8 Å². The highest BCUT2D eigenvalue weighted by Crippen LogP contribution is 2.33. The third-order valence-corrected chi connectivity index (χ3v) is 6.21. The monoisotopic (exact) mass is 382 g/mol. The number of hydrogen-bond donors (Lipinski definition) is 0. The van der Waals surface area contributed by atoms with Gasteiger partial charge >= 0.3 is 0 Å². The van der Waals surface area contributed by atoms with Crippen LogP contribution in [0.1, 0.15) is 38.8 Å². The Labute approximate surface area is 173 Å². The second-order valence-corrected chi connectivity index (χ2v) is 8.98. The molecule has 0 atom stereocenters. The van der Waals surface area contributed by atoms with Crippen molar-refractivity contribution in [1.29, 1.82) is 0 Å². The van der Waals surface area contributed by atoms with Gasteiger partial charge in [-0.3, -0.25) is 0 Å². The highest BCUT2D eigenvalue weighted by atomic mass is 15.0. The van der Waals surface area contributed by atoms with Crippen molar-refractivity contribution in [3.8, 4) is 0 Å². The number of para-hydroxylation sites is 2. The van der Waals surface area contributed by atoms with Crippen LogP contribution in [0.2, 0.25) is 0 Å². The van der Waals surface area contributed by atoms with Gasteiger partial charge < -0.3 is 9.13 Å². The van der Waals surface area contributed by atoms with Gasteiger partial charge in [0.1, 0.15) is 0 Å². The van der Waals surface area contributed by atoms with Gasteiger partial charge in [0.15, 0.2) is 0 Å². The molecule has 0 unspecified atom stereocenters. The zero-order valence-electron chi connectivity index (χ0n) is 17.9. The van der Waals surface area contributed by atoms with Crippen molar-refractivity contribution in [2.45, 2.75) is 45.2 Å². The van der Waals surface area contributed by atoms with Gasteiger partial charge in [0.05, 0.1) is 11.1 Å². The number of hydrogen-bond acceptors (Lipinski definition) is 0. The third kappa shape index (κ3) is 3.13. The molecule has 0 saturated heterocycles. The maximum absolute atomic E-state index is 4.06. The molecule has 2 aromatic heterocycles. The molecule has 0 aliphatic carbocycles. The number of nitrogens with zero attached hydrogens (tertiary/aromatic N) is 2. The average molecular weight is 383 g/mol. The van der Waals surface area contributed by atoms with Crippen molar-refractivity contribution in [2.24, 2.45) is 0 Å². The lowest BCUT2D eigenvalue weighted by atomic mass is 10.0. The molecule has 0 aliphatic rings. The fourth-order valence-electron chi connectivity index (χ4n) is 4.14. The molecule has 0 amide bonds. The Bertz CT molecular complexity index is 1120. The van der Waals surface area contributed by atoms with E-state index in [0.29, 0.717) is 0 Å². The molecule has 0 radical (unpaired) electrons. The lowest BCUT2D eigenvalue weighted by Crippen LogP contribution is -2.22. The van der Waals surface area contributed by atoms with Gasteiger partial charge in [-0.05, 0) is 51.0 Å². The summed E-state index contributed by atoms with van der Waals surface area (Å²) in [7, 11) is 0. The van der Waals surface area contributed by atoms with Crippen LogP contribution in [-0.4, -0.2) is 9.13 Å². The summed E-state index contributed by atoms with van der Waals surface area (Å²) >= 11 is 0. The van der Waals surface area contributed by atoms with Crippen molar-refractivity contribution < 1.29 is 0 Å². The van der Waals surface area contributed by atoms with Crippen molar-refractivity contribution in [3.05, 3.63) is 97.4 Å². The second kappa shape index (κ2) is 6.81. The first kappa shape index (κ1) is 19.3. The first-order valence-electron chi connectivity index (χ1n) is 10.2. The van der Waals surface area contributed by atoms with Crippen LogP contribution >= 0.6 is 0 Å². The normalized spacial score (nSPS) is 12.6. The van der Waals surface area contributed by atoms with E-state index < -0.39 is 0 Å². The topological polar surface area (TPSA) is 9.86 Å². The number of aromatic nitrogens is 2. The smallest absolute Gasteiger partial charge is 0.0569 e. The fraction of sp³-hybridized carbons (Fsp3) is 0.259. The standard InChI is InChI=1S/C27H30N2/c1-7-26(3,4)28-18-20(22-13-9-11-15-24(22)28)17-21-19-29(27(5,6)8-2)25-16-12-10-14-23(21)25/h7-16,18-19H,1-2,17H2,3-6H3. The van der Waals surface area contributed by atoms with Crippen molar-refractivity contribution in [3.63, 3.8) is 0 Å². The molecule has 0 N–H and O–H groups in total. The molecule has 29 heavy (non-hydrogen) atoms. The van der Waals surface area contributed by atoms with Crippen LogP contribution in [0.15, 0.2) is 86.2 Å². The summed E-state index contributed by atoms with van der Waals surface area (Å²) in [6.45, 7) is 16.9. The van der Waals surface area contributed by atoms with Gasteiger partial charge in [0.2, 0.25) is 0 Å². The predicted octanol–water partition coefficient (Wildman–Crippen LogP) is 7.03. The van der Waals surface area contributed by atoms with Gasteiger partial charge in [-0.15, -0.1) is 13.2 Å². The molecular weight excluding hydrogens is 352 g/mol. The Morgan fingerprint density at radius 1 is 0.690 bits per heavy atom. The van der Waals surface area contributed by atoms with E-state index in [1.54, 1.807) is 0 Å². The Morgan fingerprint density at radius 2 is 1.07 bits per heavy atom. The Kier molecular flexibility index (Phi) is 4.53. The molecule has 2 aromatic carbocycles. The lowest BCUT2D eigenvalue weighted by molar-refractivity contribution is 0.470. The molecule has 4 aromatic rings. The zero-order chi connectivity index (χ0) is 20.8. The molecule has 2 heteroatoms. The van der Waals surface area contributed by atoms with E-state index in [2.05, 4.69) is 111 Å².